The lowest BCUT2D eigenvalue weighted by molar-refractivity contribution is 0.768. The number of nitrogens with one attached hydrogen (secondary N) is 1. The molecule has 0 saturated heterocycles. The van der Waals surface area contributed by atoms with Crippen molar-refractivity contribution >= 4 is 5.95 Å². The zero-order chi connectivity index (χ0) is 9.84. The average molecular weight is 183 g/mol. The van der Waals surface area contributed by atoms with Crippen LogP contribution in [-0.2, 0) is 13.5 Å². The van der Waals surface area contributed by atoms with E-state index in [0.29, 0.717) is 12.6 Å². The predicted molar refractivity (Wildman–Crippen MR) is 52.5 cm³/mol. The summed E-state index contributed by atoms with van der Waals surface area (Å²) < 4.78 is 1.94. The lowest BCUT2D eigenvalue weighted by Crippen LogP contribution is -2.14. The molecule has 13 heavy (non-hydrogen) atoms. The van der Waals surface area contributed by atoms with Gasteiger partial charge in [-0.05, 0) is 20.4 Å². The van der Waals surface area contributed by atoms with Crippen molar-refractivity contribution in [2.24, 2.45) is 12.8 Å². The summed E-state index contributed by atoms with van der Waals surface area (Å²) in [7, 11) is 1.94. The molecule has 1 rings (SSSR count). The Morgan fingerprint density at radius 3 is 2.69 bits per heavy atom. The molecule has 3 N–H and O–H groups in total. The lowest BCUT2D eigenvalue weighted by atomic mass is 10.4. The molecule has 0 spiro atoms. The van der Waals surface area contributed by atoms with Crippen molar-refractivity contribution in [3.8, 4) is 0 Å². The molecule has 0 aliphatic carbocycles. The third-order valence-corrected chi connectivity index (χ3v) is 1.75. The third-order valence-electron chi connectivity index (χ3n) is 1.75. The van der Waals surface area contributed by atoms with Crippen LogP contribution in [-0.4, -0.2) is 27.4 Å². The van der Waals surface area contributed by atoms with Crippen molar-refractivity contribution in [3.63, 3.8) is 0 Å². The molecule has 1 aromatic rings. The Morgan fingerprint density at radius 1 is 1.46 bits per heavy atom. The number of nitrogens with two attached hydrogens (primary N) is 1. The Hall–Kier alpha value is -1.10. The molecule has 5 heteroatoms. The van der Waals surface area contributed by atoms with Crippen molar-refractivity contribution in [1.82, 2.24) is 14.8 Å². The summed E-state index contributed by atoms with van der Waals surface area (Å²) in [6, 6.07) is 0.369. The summed E-state index contributed by atoms with van der Waals surface area (Å²) in [6.45, 7) is 4.74. The first kappa shape index (κ1) is 9.98. The molecule has 1 heterocycles. The van der Waals surface area contributed by atoms with Crippen LogP contribution >= 0.6 is 0 Å². The van der Waals surface area contributed by atoms with Crippen LogP contribution in [0.4, 0.5) is 5.95 Å². The second-order valence-electron chi connectivity index (χ2n) is 3.34. The van der Waals surface area contributed by atoms with Gasteiger partial charge in [0.05, 0.1) is 0 Å². The van der Waals surface area contributed by atoms with Crippen LogP contribution in [0.1, 0.15) is 19.7 Å². The minimum absolute atomic E-state index is 0.369. The van der Waals surface area contributed by atoms with Gasteiger partial charge in [0.15, 0.2) is 0 Å². The average Bonchev–Trinajstić information content (AvgIpc) is 2.36. The summed E-state index contributed by atoms with van der Waals surface area (Å²) in [5, 5.41) is 11.3. The van der Waals surface area contributed by atoms with Crippen molar-refractivity contribution in [3.05, 3.63) is 5.82 Å². The molecule has 0 fully saturated rings. The van der Waals surface area contributed by atoms with E-state index in [1.807, 2.05) is 11.6 Å². The second-order valence-corrected chi connectivity index (χ2v) is 3.34. The quantitative estimate of drug-likeness (QED) is 0.696. The summed E-state index contributed by atoms with van der Waals surface area (Å²) in [6.07, 6.45) is 0.767. The highest BCUT2D eigenvalue weighted by Gasteiger charge is 2.07. The number of aromatic nitrogens is 3. The maximum Gasteiger partial charge on any atom is 0.224 e. The molecule has 74 valence electrons. The molecular formula is C8H17N5. The van der Waals surface area contributed by atoms with E-state index in [9.17, 15) is 0 Å². The summed E-state index contributed by atoms with van der Waals surface area (Å²) in [5.74, 6) is 1.73. The van der Waals surface area contributed by atoms with Crippen molar-refractivity contribution in [2.45, 2.75) is 26.3 Å². The van der Waals surface area contributed by atoms with Crippen LogP contribution in [0.15, 0.2) is 0 Å². The van der Waals surface area contributed by atoms with Crippen LogP contribution in [0.3, 0.4) is 0 Å². The monoisotopic (exact) mass is 183 g/mol. The Labute approximate surface area is 78.3 Å². The normalized spacial score (nSPS) is 10.8. The van der Waals surface area contributed by atoms with Crippen LogP contribution < -0.4 is 11.1 Å². The van der Waals surface area contributed by atoms with E-state index in [4.69, 9.17) is 5.73 Å². The molecule has 0 bridgehead atoms. The Kier molecular flexibility index (Phi) is 3.25. The zero-order valence-corrected chi connectivity index (χ0v) is 8.41. The van der Waals surface area contributed by atoms with E-state index in [1.165, 1.54) is 0 Å². The predicted octanol–water partition coefficient (Wildman–Crippen LogP) is 0.137. The number of hydrogen-bond donors (Lipinski definition) is 2. The van der Waals surface area contributed by atoms with Gasteiger partial charge in [0, 0.05) is 19.5 Å². The van der Waals surface area contributed by atoms with Gasteiger partial charge in [-0.15, -0.1) is 10.2 Å². The number of anilines is 1. The number of hydrogen-bond acceptors (Lipinski definition) is 4. The molecule has 0 aliphatic rings. The Bertz CT molecular complexity index is 265. The summed E-state index contributed by atoms with van der Waals surface area (Å²) in [4.78, 5) is 0. The summed E-state index contributed by atoms with van der Waals surface area (Å²) in [5.41, 5.74) is 5.44. The first-order valence-electron chi connectivity index (χ1n) is 4.50. The van der Waals surface area contributed by atoms with E-state index in [-0.39, 0.29) is 0 Å². The van der Waals surface area contributed by atoms with Crippen LogP contribution in [0.5, 0.6) is 0 Å². The SMILES string of the molecule is CC(C)Nc1nnc(CCN)n1C. The van der Waals surface area contributed by atoms with Gasteiger partial charge >= 0.3 is 0 Å². The fourth-order valence-electron chi connectivity index (χ4n) is 1.09. The molecular weight excluding hydrogens is 166 g/mol. The van der Waals surface area contributed by atoms with Crippen molar-refractivity contribution in [2.75, 3.05) is 11.9 Å². The molecule has 1 aromatic heterocycles. The second kappa shape index (κ2) is 4.23. The van der Waals surface area contributed by atoms with Gasteiger partial charge in [0.2, 0.25) is 5.95 Å². The molecule has 5 nitrogen and oxygen atoms in total. The lowest BCUT2D eigenvalue weighted by Gasteiger charge is -2.08. The molecule has 0 aromatic carbocycles. The van der Waals surface area contributed by atoms with Gasteiger partial charge in [-0.3, -0.25) is 0 Å². The summed E-state index contributed by atoms with van der Waals surface area (Å²) >= 11 is 0. The van der Waals surface area contributed by atoms with Crippen molar-refractivity contribution in [1.29, 1.82) is 0 Å². The minimum Gasteiger partial charge on any atom is -0.352 e. The van der Waals surface area contributed by atoms with Gasteiger partial charge in [-0.25, -0.2) is 0 Å². The fourth-order valence-corrected chi connectivity index (χ4v) is 1.09. The van der Waals surface area contributed by atoms with Gasteiger partial charge in [0.1, 0.15) is 5.82 Å². The van der Waals surface area contributed by atoms with E-state index in [1.54, 1.807) is 0 Å². The maximum atomic E-state index is 5.44. The van der Waals surface area contributed by atoms with Gasteiger partial charge in [-0.2, -0.15) is 0 Å². The standard InChI is InChI=1S/C8H17N5/c1-6(2)10-8-12-11-7(4-5-9)13(8)3/h6H,4-5,9H2,1-3H3,(H,10,12). The van der Waals surface area contributed by atoms with Crippen LogP contribution in [0, 0.1) is 0 Å². The highest BCUT2D eigenvalue weighted by atomic mass is 15.3. The van der Waals surface area contributed by atoms with Gasteiger partial charge in [0.25, 0.3) is 0 Å². The van der Waals surface area contributed by atoms with Gasteiger partial charge < -0.3 is 15.6 Å². The van der Waals surface area contributed by atoms with Crippen LogP contribution in [0.25, 0.3) is 0 Å². The van der Waals surface area contributed by atoms with E-state index >= 15 is 0 Å². The topological polar surface area (TPSA) is 68.8 Å². The molecule has 0 unspecified atom stereocenters. The van der Waals surface area contributed by atoms with Gasteiger partial charge in [-0.1, -0.05) is 0 Å². The van der Waals surface area contributed by atoms with E-state index in [2.05, 4.69) is 29.4 Å². The molecule has 0 aliphatic heterocycles. The maximum absolute atomic E-state index is 5.44. The van der Waals surface area contributed by atoms with Crippen LogP contribution in [0.2, 0.25) is 0 Å². The fraction of sp³-hybridized carbons (Fsp3) is 0.750. The zero-order valence-electron chi connectivity index (χ0n) is 8.41. The Morgan fingerprint density at radius 2 is 2.15 bits per heavy atom. The first-order valence-corrected chi connectivity index (χ1v) is 4.50. The minimum atomic E-state index is 0.369. The highest BCUT2D eigenvalue weighted by Crippen LogP contribution is 2.05. The third kappa shape index (κ3) is 2.42. The largest absolute Gasteiger partial charge is 0.352 e. The smallest absolute Gasteiger partial charge is 0.224 e. The molecule has 0 radical (unpaired) electrons. The van der Waals surface area contributed by atoms with E-state index < -0.39 is 0 Å². The van der Waals surface area contributed by atoms with Crippen molar-refractivity contribution < 1.29 is 0 Å². The number of rotatable bonds is 4. The molecule has 0 atom stereocenters. The molecule has 0 amide bonds. The van der Waals surface area contributed by atoms with E-state index in [0.717, 1.165) is 18.2 Å². The number of nitrogens with zero attached hydrogens (tertiary/aromatic N) is 3. The Balaban J connectivity index is 2.74. The highest BCUT2D eigenvalue weighted by molar-refractivity contribution is 5.26. The first-order chi connectivity index (χ1) is 6.15. The molecule has 0 saturated carbocycles.